The highest BCUT2D eigenvalue weighted by Crippen LogP contribution is 2.24. The van der Waals surface area contributed by atoms with E-state index in [1.165, 1.54) is 11.6 Å². The fourth-order valence-corrected chi connectivity index (χ4v) is 3.61. The molecule has 3 rings (SSSR count). The molecule has 6 heteroatoms. The van der Waals surface area contributed by atoms with Crippen molar-refractivity contribution in [1.29, 1.82) is 0 Å². The molecule has 0 atom stereocenters. The zero-order valence-electron chi connectivity index (χ0n) is 14.6. The molecular formula is C20H21N3O2S. The molecule has 2 aromatic carbocycles. The Morgan fingerprint density at radius 2 is 1.85 bits per heavy atom. The van der Waals surface area contributed by atoms with Crippen LogP contribution in [-0.4, -0.2) is 23.3 Å². The zero-order valence-corrected chi connectivity index (χ0v) is 15.4. The van der Waals surface area contributed by atoms with Crippen LogP contribution in [0.3, 0.4) is 0 Å². The van der Waals surface area contributed by atoms with E-state index in [1.807, 2.05) is 42.5 Å². The lowest BCUT2D eigenvalue weighted by atomic mass is 10.1. The maximum atomic E-state index is 11.9. The highest BCUT2D eigenvalue weighted by Gasteiger charge is 2.06. The summed E-state index contributed by atoms with van der Waals surface area (Å²) in [5.74, 6) is -0.122. The second-order valence-electron chi connectivity index (χ2n) is 6.08. The van der Waals surface area contributed by atoms with E-state index >= 15 is 0 Å². The molecule has 134 valence electrons. The Hall–Kier alpha value is -2.73. The number of fused-ring (bicyclic) bond motifs is 1. The molecule has 0 fully saturated rings. The summed E-state index contributed by atoms with van der Waals surface area (Å²) >= 11 is 1.71. The van der Waals surface area contributed by atoms with Crippen LogP contribution in [0, 0.1) is 0 Å². The van der Waals surface area contributed by atoms with E-state index in [0.29, 0.717) is 19.4 Å². The van der Waals surface area contributed by atoms with Gasteiger partial charge in [0.15, 0.2) is 0 Å². The smallest absolute Gasteiger partial charge is 0.224 e. The molecule has 0 unspecified atom stereocenters. The first-order valence-corrected chi connectivity index (χ1v) is 9.39. The summed E-state index contributed by atoms with van der Waals surface area (Å²) in [4.78, 5) is 27.3. The lowest BCUT2D eigenvalue weighted by Gasteiger charge is -2.06. The van der Waals surface area contributed by atoms with Crippen molar-refractivity contribution in [2.45, 2.75) is 26.2 Å². The summed E-state index contributed by atoms with van der Waals surface area (Å²) < 4.78 is 1.20. The molecule has 3 aromatic rings. The Labute approximate surface area is 156 Å². The molecule has 26 heavy (non-hydrogen) atoms. The molecule has 0 saturated carbocycles. The van der Waals surface area contributed by atoms with Crippen LogP contribution in [0.1, 0.15) is 30.3 Å². The first-order chi connectivity index (χ1) is 12.6. The highest BCUT2D eigenvalue weighted by molar-refractivity contribution is 7.18. The van der Waals surface area contributed by atoms with Crippen molar-refractivity contribution in [2.24, 2.45) is 0 Å². The number of aromatic nitrogens is 1. The number of amides is 2. The van der Waals surface area contributed by atoms with E-state index in [-0.39, 0.29) is 11.8 Å². The molecule has 0 saturated heterocycles. The minimum absolute atomic E-state index is 0.0470. The molecule has 0 bridgehead atoms. The third kappa shape index (κ3) is 5.13. The maximum Gasteiger partial charge on any atom is 0.224 e. The summed E-state index contributed by atoms with van der Waals surface area (Å²) in [7, 11) is 0. The van der Waals surface area contributed by atoms with Gasteiger partial charge in [-0.25, -0.2) is 4.98 Å². The van der Waals surface area contributed by atoms with Gasteiger partial charge >= 0.3 is 0 Å². The van der Waals surface area contributed by atoms with Gasteiger partial charge in [0.25, 0.3) is 0 Å². The molecular weight excluding hydrogens is 346 g/mol. The van der Waals surface area contributed by atoms with Crippen LogP contribution < -0.4 is 10.6 Å². The van der Waals surface area contributed by atoms with E-state index in [1.54, 1.807) is 11.3 Å². The van der Waals surface area contributed by atoms with Crippen LogP contribution in [-0.2, 0) is 16.0 Å². The quantitative estimate of drug-likeness (QED) is 0.625. The molecule has 0 spiro atoms. The summed E-state index contributed by atoms with van der Waals surface area (Å²) in [6.45, 7) is 1.99. The van der Waals surface area contributed by atoms with Crippen LogP contribution in [0.4, 0.5) is 5.69 Å². The molecule has 0 aliphatic carbocycles. The highest BCUT2D eigenvalue weighted by atomic mass is 32.1. The SMILES string of the molecule is CC(=O)NCCCC(=O)Nc1ccc(Cc2nc3ccccc3s2)cc1. The van der Waals surface area contributed by atoms with Gasteiger partial charge in [-0.2, -0.15) is 0 Å². The monoisotopic (exact) mass is 367 g/mol. The van der Waals surface area contributed by atoms with Crippen molar-refractivity contribution in [1.82, 2.24) is 10.3 Å². The van der Waals surface area contributed by atoms with Gasteiger partial charge in [0, 0.05) is 32.0 Å². The Bertz CT molecular complexity index is 870. The number of anilines is 1. The van der Waals surface area contributed by atoms with Crippen LogP contribution in [0.25, 0.3) is 10.2 Å². The Morgan fingerprint density at radius 3 is 2.58 bits per heavy atom. The van der Waals surface area contributed by atoms with E-state index in [2.05, 4.69) is 21.7 Å². The fourth-order valence-electron chi connectivity index (χ4n) is 2.61. The van der Waals surface area contributed by atoms with E-state index in [4.69, 9.17) is 0 Å². The Morgan fingerprint density at radius 1 is 1.08 bits per heavy atom. The molecule has 0 radical (unpaired) electrons. The van der Waals surface area contributed by atoms with E-state index < -0.39 is 0 Å². The number of nitrogens with one attached hydrogen (secondary N) is 2. The van der Waals surface area contributed by atoms with E-state index in [9.17, 15) is 9.59 Å². The molecule has 2 amide bonds. The Kier molecular flexibility index (Phi) is 5.96. The average Bonchev–Trinajstić information content (AvgIpc) is 3.02. The third-order valence-electron chi connectivity index (χ3n) is 3.89. The number of carbonyl (C=O) groups excluding carboxylic acids is 2. The largest absolute Gasteiger partial charge is 0.356 e. The molecule has 0 aliphatic rings. The molecule has 0 aliphatic heterocycles. The molecule has 5 nitrogen and oxygen atoms in total. The van der Waals surface area contributed by atoms with Gasteiger partial charge in [-0.15, -0.1) is 11.3 Å². The number of hydrogen-bond acceptors (Lipinski definition) is 4. The van der Waals surface area contributed by atoms with Gasteiger partial charge in [0.1, 0.15) is 0 Å². The minimum Gasteiger partial charge on any atom is -0.356 e. The van der Waals surface area contributed by atoms with Gasteiger partial charge in [-0.05, 0) is 36.2 Å². The summed E-state index contributed by atoms with van der Waals surface area (Å²) in [5.41, 5.74) is 2.98. The van der Waals surface area contributed by atoms with Gasteiger partial charge in [0.2, 0.25) is 11.8 Å². The number of thiazole rings is 1. The van der Waals surface area contributed by atoms with Crippen molar-refractivity contribution < 1.29 is 9.59 Å². The number of para-hydroxylation sites is 1. The van der Waals surface area contributed by atoms with Crippen molar-refractivity contribution in [3.8, 4) is 0 Å². The standard InChI is InChI=1S/C20H21N3O2S/c1-14(24)21-12-4-7-19(25)22-16-10-8-15(9-11-16)13-20-23-17-5-2-3-6-18(17)26-20/h2-3,5-6,8-11H,4,7,12-13H2,1H3,(H,21,24)(H,22,25). The predicted octanol–water partition coefficient (Wildman–Crippen LogP) is 3.74. The summed E-state index contributed by atoms with van der Waals surface area (Å²) in [5, 5.41) is 6.64. The maximum absolute atomic E-state index is 11.9. The number of nitrogens with zero attached hydrogens (tertiary/aromatic N) is 1. The van der Waals surface area contributed by atoms with Gasteiger partial charge < -0.3 is 10.6 Å². The number of rotatable bonds is 7. The Balaban J connectivity index is 1.51. The first-order valence-electron chi connectivity index (χ1n) is 8.58. The third-order valence-corrected chi connectivity index (χ3v) is 4.92. The lowest BCUT2D eigenvalue weighted by molar-refractivity contribution is -0.119. The van der Waals surface area contributed by atoms with Crippen molar-refractivity contribution in [3.05, 3.63) is 59.1 Å². The van der Waals surface area contributed by atoms with Crippen LogP contribution in [0.2, 0.25) is 0 Å². The van der Waals surface area contributed by atoms with Crippen LogP contribution >= 0.6 is 11.3 Å². The minimum atomic E-state index is -0.0749. The van der Waals surface area contributed by atoms with Crippen molar-refractivity contribution in [3.63, 3.8) is 0 Å². The number of benzene rings is 2. The van der Waals surface area contributed by atoms with Crippen molar-refractivity contribution in [2.75, 3.05) is 11.9 Å². The normalized spacial score (nSPS) is 10.7. The van der Waals surface area contributed by atoms with Gasteiger partial charge in [-0.1, -0.05) is 24.3 Å². The van der Waals surface area contributed by atoms with Gasteiger partial charge in [-0.3, -0.25) is 9.59 Å². The van der Waals surface area contributed by atoms with Crippen molar-refractivity contribution >= 4 is 39.1 Å². The lowest BCUT2D eigenvalue weighted by Crippen LogP contribution is -2.22. The van der Waals surface area contributed by atoms with E-state index in [0.717, 1.165) is 28.2 Å². The zero-order chi connectivity index (χ0) is 18.4. The summed E-state index contributed by atoms with van der Waals surface area (Å²) in [6, 6.07) is 16.0. The topological polar surface area (TPSA) is 71.1 Å². The van der Waals surface area contributed by atoms with Crippen LogP contribution in [0.15, 0.2) is 48.5 Å². The first kappa shape index (κ1) is 18.1. The van der Waals surface area contributed by atoms with Gasteiger partial charge in [0.05, 0.1) is 15.2 Å². The second-order valence-corrected chi connectivity index (χ2v) is 7.20. The molecule has 1 aromatic heterocycles. The van der Waals surface area contributed by atoms with Crippen LogP contribution in [0.5, 0.6) is 0 Å². The summed E-state index contributed by atoms with van der Waals surface area (Å²) in [6.07, 6.45) is 1.79. The number of carbonyl (C=O) groups is 2. The fraction of sp³-hybridized carbons (Fsp3) is 0.250. The number of hydrogen-bond donors (Lipinski definition) is 2. The average molecular weight is 367 g/mol. The molecule has 1 heterocycles. The second kappa shape index (κ2) is 8.58. The predicted molar refractivity (Wildman–Crippen MR) is 105 cm³/mol. The molecule has 2 N–H and O–H groups in total.